The lowest BCUT2D eigenvalue weighted by molar-refractivity contribution is 0.0169. The molecule has 0 radical (unpaired) electrons. The standard InChI is InChI=1S/C25H42N6O/c1-26-24(30-19-17-29(18-20-30)22-7-9-23(32-3)10-8-22)27-21-25(11-15-28(2)16-12-25)31-13-5-4-6-14-31/h7-10H,4-6,11-21H2,1-3H3,(H,26,27). The zero-order valence-electron chi connectivity index (χ0n) is 20.4. The van der Waals surface area contributed by atoms with Crippen LogP contribution in [0.1, 0.15) is 32.1 Å². The maximum Gasteiger partial charge on any atom is 0.193 e. The first-order chi connectivity index (χ1) is 15.6. The summed E-state index contributed by atoms with van der Waals surface area (Å²) in [4.78, 5) is 14.8. The molecule has 0 aromatic heterocycles. The molecule has 1 aromatic carbocycles. The molecule has 0 unspecified atom stereocenters. The Bertz CT molecular complexity index is 729. The number of guanidine groups is 1. The molecule has 0 saturated carbocycles. The average molecular weight is 443 g/mol. The largest absolute Gasteiger partial charge is 0.497 e. The van der Waals surface area contributed by atoms with E-state index in [0.717, 1.165) is 44.4 Å². The Labute approximate surface area is 194 Å². The van der Waals surface area contributed by atoms with Gasteiger partial charge in [0.1, 0.15) is 5.75 Å². The molecule has 1 aromatic rings. The van der Waals surface area contributed by atoms with Crippen molar-refractivity contribution in [2.75, 3.05) is 85.0 Å². The number of anilines is 1. The van der Waals surface area contributed by atoms with Crippen molar-refractivity contribution in [3.8, 4) is 5.75 Å². The van der Waals surface area contributed by atoms with Crippen molar-refractivity contribution < 1.29 is 4.74 Å². The smallest absolute Gasteiger partial charge is 0.193 e. The van der Waals surface area contributed by atoms with Crippen LogP contribution in [0.25, 0.3) is 0 Å². The molecule has 178 valence electrons. The number of methoxy groups -OCH3 is 1. The van der Waals surface area contributed by atoms with Crippen molar-refractivity contribution in [1.82, 2.24) is 20.0 Å². The number of nitrogens with zero attached hydrogens (tertiary/aromatic N) is 5. The van der Waals surface area contributed by atoms with Gasteiger partial charge in [-0.2, -0.15) is 0 Å². The van der Waals surface area contributed by atoms with Crippen LogP contribution >= 0.6 is 0 Å². The highest BCUT2D eigenvalue weighted by molar-refractivity contribution is 5.80. The molecule has 0 amide bonds. The predicted octanol–water partition coefficient (Wildman–Crippen LogP) is 2.34. The highest BCUT2D eigenvalue weighted by atomic mass is 16.5. The monoisotopic (exact) mass is 442 g/mol. The Morgan fingerprint density at radius 1 is 0.938 bits per heavy atom. The van der Waals surface area contributed by atoms with Gasteiger partial charge in [0, 0.05) is 51.0 Å². The van der Waals surface area contributed by atoms with Gasteiger partial charge in [-0.3, -0.25) is 9.89 Å². The minimum Gasteiger partial charge on any atom is -0.497 e. The molecule has 3 heterocycles. The molecule has 32 heavy (non-hydrogen) atoms. The van der Waals surface area contributed by atoms with Crippen LogP contribution in [0.2, 0.25) is 0 Å². The van der Waals surface area contributed by atoms with E-state index in [-0.39, 0.29) is 5.54 Å². The second kappa shape index (κ2) is 10.8. The molecular formula is C25H42N6O. The Morgan fingerprint density at radius 3 is 2.19 bits per heavy atom. The van der Waals surface area contributed by atoms with E-state index >= 15 is 0 Å². The Morgan fingerprint density at radius 2 is 1.59 bits per heavy atom. The summed E-state index contributed by atoms with van der Waals surface area (Å²) in [7, 11) is 5.91. The lowest BCUT2D eigenvalue weighted by Gasteiger charge is -2.50. The van der Waals surface area contributed by atoms with E-state index in [0.29, 0.717) is 0 Å². The maximum absolute atomic E-state index is 5.30. The van der Waals surface area contributed by atoms with Crippen molar-refractivity contribution in [2.45, 2.75) is 37.6 Å². The Hall–Kier alpha value is -1.99. The van der Waals surface area contributed by atoms with E-state index in [9.17, 15) is 0 Å². The van der Waals surface area contributed by atoms with Crippen LogP contribution in [0.3, 0.4) is 0 Å². The van der Waals surface area contributed by atoms with Crippen LogP contribution in [0.15, 0.2) is 29.3 Å². The number of likely N-dealkylation sites (tertiary alicyclic amines) is 2. The van der Waals surface area contributed by atoms with Gasteiger partial charge < -0.3 is 24.8 Å². The van der Waals surface area contributed by atoms with Gasteiger partial charge in [0.05, 0.1) is 7.11 Å². The number of rotatable bonds is 5. The van der Waals surface area contributed by atoms with E-state index in [4.69, 9.17) is 4.74 Å². The zero-order valence-corrected chi connectivity index (χ0v) is 20.4. The highest BCUT2D eigenvalue weighted by Crippen LogP contribution is 2.31. The van der Waals surface area contributed by atoms with Crippen LogP contribution in [0.5, 0.6) is 5.75 Å². The summed E-state index contributed by atoms with van der Waals surface area (Å²) >= 11 is 0. The van der Waals surface area contributed by atoms with Crippen molar-refractivity contribution in [2.24, 2.45) is 4.99 Å². The van der Waals surface area contributed by atoms with Crippen LogP contribution in [0.4, 0.5) is 5.69 Å². The van der Waals surface area contributed by atoms with Crippen LogP contribution < -0.4 is 15.0 Å². The summed E-state index contributed by atoms with van der Waals surface area (Å²) in [6.07, 6.45) is 6.58. The van der Waals surface area contributed by atoms with Gasteiger partial charge in [0.25, 0.3) is 0 Å². The molecule has 3 aliphatic rings. The molecule has 7 nitrogen and oxygen atoms in total. The van der Waals surface area contributed by atoms with Crippen LogP contribution in [0, 0.1) is 0 Å². The SMILES string of the molecule is CN=C(NCC1(N2CCCCC2)CCN(C)CC1)N1CCN(c2ccc(OC)cc2)CC1. The third-order valence-electron chi connectivity index (χ3n) is 7.75. The molecule has 3 aliphatic heterocycles. The summed E-state index contributed by atoms with van der Waals surface area (Å²) in [6, 6.07) is 8.40. The summed E-state index contributed by atoms with van der Waals surface area (Å²) in [6.45, 7) is 9.90. The molecule has 1 N–H and O–H groups in total. The first kappa shape index (κ1) is 23.2. The number of aliphatic imine (C=N–C) groups is 1. The second-order valence-electron chi connectivity index (χ2n) is 9.65. The van der Waals surface area contributed by atoms with Crippen molar-refractivity contribution >= 4 is 11.6 Å². The van der Waals surface area contributed by atoms with Gasteiger partial charge in [-0.25, -0.2) is 0 Å². The third-order valence-corrected chi connectivity index (χ3v) is 7.75. The molecule has 3 saturated heterocycles. The quantitative estimate of drug-likeness (QED) is 0.558. The fourth-order valence-electron chi connectivity index (χ4n) is 5.55. The minimum atomic E-state index is 0.272. The second-order valence-corrected chi connectivity index (χ2v) is 9.65. The molecule has 7 heteroatoms. The lowest BCUT2D eigenvalue weighted by Crippen LogP contribution is -2.63. The number of hydrogen-bond donors (Lipinski definition) is 1. The molecule has 3 fully saturated rings. The fraction of sp³-hybridized carbons (Fsp3) is 0.720. The number of benzene rings is 1. The summed E-state index contributed by atoms with van der Waals surface area (Å²) in [5.74, 6) is 1.98. The van der Waals surface area contributed by atoms with E-state index in [1.807, 2.05) is 19.2 Å². The number of ether oxygens (including phenoxy) is 1. The number of piperidine rings is 2. The average Bonchev–Trinajstić information content (AvgIpc) is 2.87. The lowest BCUT2D eigenvalue weighted by atomic mass is 9.84. The van der Waals surface area contributed by atoms with E-state index in [1.165, 1.54) is 64.0 Å². The highest BCUT2D eigenvalue weighted by Gasteiger charge is 2.40. The molecule has 0 atom stereocenters. The molecular weight excluding hydrogens is 400 g/mol. The van der Waals surface area contributed by atoms with E-state index < -0.39 is 0 Å². The van der Waals surface area contributed by atoms with Crippen LogP contribution in [-0.4, -0.2) is 106 Å². The molecule has 4 rings (SSSR count). The normalized spacial score (nSPS) is 23.3. The summed E-state index contributed by atoms with van der Waals surface area (Å²) < 4.78 is 5.30. The van der Waals surface area contributed by atoms with Gasteiger partial charge in [-0.05, 0) is 83.2 Å². The number of nitrogens with one attached hydrogen (secondary N) is 1. The summed E-state index contributed by atoms with van der Waals surface area (Å²) in [5, 5.41) is 3.81. The minimum absolute atomic E-state index is 0.272. The van der Waals surface area contributed by atoms with Gasteiger partial charge in [-0.15, -0.1) is 0 Å². The van der Waals surface area contributed by atoms with Gasteiger partial charge in [-0.1, -0.05) is 6.42 Å². The molecule has 0 bridgehead atoms. The number of piperazine rings is 1. The maximum atomic E-state index is 5.30. The Balaban J connectivity index is 1.34. The fourth-order valence-corrected chi connectivity index (χ4v) is 5.55. The van der Waals surface area contributed by atoms with Crippen molar-refractivity contribution in [3.05, 3.63) is 24.3 Å². The summed E-state index contributed by atoms with van der Waals surface area (Å²) in [5.41, 5.74) is 1.54. The van der Waals surface area contributed by atoms with Gasteiger partial charge >= 0.3 is 0 Å². The first-order valence-electron chi connectivity index (χ1n) is 12.4. The topological polar surface area (TPSA) is 46.6 Å². The number of hydrogen-bond acceptors (Lipinski definition) is 5. The van der Waals surface area contributed by atoms with Gasteiger partial charge in [0.15, 0.2) is 5.96 Å². The van der Waals surface area contributed by atoms with E-state index in [1.54, 1.807) is 7.11 Å². The first-order valence-corrected chi connectivity index (χ1v) is 12.4. The zero-order chi connectivity index (χ0) is 22.4. The van der Waals surface area contributed by atoms with Crippen molar-refractivity contribution in [1.29, 1.82) is 0 Å². The van der Waals surface area contributed by atoms with Crippen molar-refractivity contribution in [3.63, 3.8) is 0 Å². The van der Waals surface area contributed by atoms with E-state index in [2.05, 4.69) is 49.1 Å². The van der Waals surface area contributed by atoms with Gasteiger partial charge in [0.2, 0.25) is 0 Å². The van der Waals surface area contributed by atoms with Crippen LogP contribution in [-0.2, 0) is 0 Å². The third kappa shape index (κ3) is 5.31. The molecule has 0 spiro atoms. The predicted molar refractivity (Wildman–Crippen MR) is 133 cm³/mol. The molecule has 0 aliphatic carbocycles. The Kier molecular flexibility index (Phi) is 7.79.